The normalized spacial score (nSPS) is 14.6. The molecule has 604 valence electrons. The predicted molar refractivity (Wildman–Crippen MR) is 436 cm³/mol. The number of hydrogen-bond donors (Lipinski definition) is 4. The lowest BCUT2D eigenvalue weighted by atomic mass is 10.0. The Labute approximate surface area is 639 Å². The zero-order chi connectivity index (χ0) is 76.6. The molecule has 105 heavy (non-hydrogen) atoms. The number of allylic oxidation sites excluding steroid dienone is 22. The van der Waals surface area contributed by atoms with Crippen LogP contribution < -0.4 is 0 Å². The molecule has 4 N–H and O–H groups in total. The van der Waals surface area contributed by atoms with E-state index in [2.05, 4.69) is 154 Å². The average molecular weight is 1510 g/mol. The highest BCUT2D eigenvalue weighted by molar-refractivity contribution is 7.47. The molecule has 0 saturated carbocycles. The van der Waals surface area contributed by atoms with Gasteiger partial charge in [0.25, 0.3) is 0 Å². The topological polar surface area (TPSA) is 231 Å². The van der Waals surface area contributed by atoms with Gasteiger partial charge >= 0.3 is 33.6 Å². The van der Waals surface area contributed by atoms with E-state index in [1.165, 1.54) is 116 Å². The molecule has 18 heteroatoms. The first-order chi connectivity index (χ1) is 51.2. The summed E-state index contributed by atoms with van der Waals surface area (Å²) in [6, 6.07) is 0. The van der Waals surface area contributed by atoms with Crippen LogP contribution in [0.15, 0.2) is 134 Å². The van der Waals surface area contributed by atoms with Crippen LogP contribution in [0.5, 0.6) is 0 Å². The van der Waals surface area contributed by atoms with Gasteiger partial charge in [0, 0.05) is 19.3 Å². The number of unbranched alkanes of at least 4 members (excludes halogenated alkanes) is 33. The van der Waals surface area contributed by atoms with Gasteiger partial charge in [0.2, 0.25) is 0 Å². The summed E-state index contributed by atoms with van der Waals surface area (Å²) in [7, 11) is -9.80. The molecule has 0 aromatic carbocycles. The van der Waals surface area contributed by atoms with Crippen LogP contribution in [0, 0.1) is 0 Å². The molecular formula is C87H150O16P2. The first kappa shape index (κ1) is 101. The third-order valence-electron chi connectivity index (χ3n) is 17.3. The Bertz CT molecular complexity index is 2440. The minimum absolute atomic E-state index is 0.0840. The van der Waals surface area contributed by atoms with Crippen LogP contribution in [0.25, 0.3) is 0 Å². The number of hydrogen-bond acceptors (Lipinski definition) is 14. The zero-order valence-electron chi connectivity index (χ0n) is 66.1. The second-order valence-electron chi connectivity index (χ2n) is 27.5. The van der Waals surface area contributed by atoms with Crippen LogP contribution in [-0.2, 0) is 55.8 Å². The van der Waals surface area contributed by atoms with E-state index in [0.29, 0.717) is 19.3 Å². The third-order valence-corrected chi connectivity index (χ3v) is 19.2. The van der Waals surface area contributed by atoms with E-state index >= 15 is 0 Å². The number of aliphatic hydroxyl groups is 2. The lowest BCUT2D eigenvalue weighted by molar-refractivity contribution is -0.161. The molecule has 0 heterocycles. The Morgan fingerprint density at radius 2 is 0.524 bits per heavy atom. The highest BCUT2D eigenvalue weighted by atomic mass is 31.2. The summed E-state index contributed by atoms with van der Waals surface area (Å²) in [5, 5.41) is 20.7. The third kappa shape index (κ3) is 80.5. The van der Waals surface area contributed by atoms with Crippen molar-refractivity contribution in [1.29, 1.82) is 0 Å². The summed E-state index contributed by atoms with van der Waals surface area (Å²) in [6.07, 6.45) is 96.6. The Morgan fingerprint density at radius 1 is 0.276 bits per heavy atom. The van der Waals surface area contributed by atoms with E-state index < -0.39 is 91.5 Å². The molecule has 0 rings (SSSR count). The number of carbonyl (C=O) groups excluding carboxylic acids is 3. The van der Waals surface area contributed by atoms with E-state index in [4.69, 9.17) is 32.3 Å². The van der Waals surface area contributed by atoms with Crippen LogP contribution in [0.3, 0.4) is 0 Å². The standard InChI is InChI=1S/C87H150O16P2/c1-4-7-10-13-16-19-22-25-27-29-31-33-35-36-37-38-39-40-41-42-43-44-46-48-49-51-53-56-58-61-64-67-70-73-85(90)97-76-82(88)77-99-104(93,94)100-78-83(89)79-101-105(95,96)102-81-84(103-87(92)75-72-69-66-63-60-55-24-21-18-15-12-9-6-3)80-98-86(91)74-71-68-65-62-59-57-54-52-50-47-45-34-32-30-28-26-23-20-17-14-11-8-5-2/h7,10,12,15-17,19-21,24-28,31-34,36-37,47,50,82-84,88-89H,4-6,8-9,11,13-14,18,22-23,29-30,35,38-46,48-49,51-81H2,1-3H3,(H,93,94)(H,95,96)/b10-7-,15-12-,19-16-,20-17-,24-21-,27-25-,28-26-,33-31-,34-32-,37-36-,50-47-. The number of phosphoric ester groups is 2. The van der Waals surface area contributed by atoms with Crippen LogP contribution in [0.4, 0.5) is 0 Å². The molecule has 0 saturated heterocycles. The molecule has 0 aromatic rings. The smallest absolute Gasteiger partial charge is 0.463 e. The van der Waals surface area contributed by atoms with E-state index in [9.17, 15) is 43.5 Å². The number of esters is 3. The summed E-state index contributed by atoms with van der Waals surface area (Å²) in [4.78, 5) is 58.7. The number of ether oxygens (including phenoxy) is 3. The van der Waals surface area contributed by atoms with Crippen molar-refractivity contribution in [3.05, 3.63) is 134 Å². The second-order valence-corrected chi connectivity index (χ2v) is 30.4. The molecule has 5 unspecified atom stereocenters. The Hall–Kier alpha value is -4.31. The maximum absolute atomic E-state index is 12.9. The highest BCUT2D eigenvalue weighted by Gasteiger charge is 2.29. The van der Waals surface area contributed by atoms with E-state index in [-0.39, 0.29) is 19.3 Å². The van der Waals surface area contributed by atoms with Crippen molar-refractivity contribution in [2.75, 3.05) is 39.6 Å². The number of aliphatic hydroxyl groups excluding tert-OH is 2. The largest absolute Gasteiger partial charge is 0.472 e. The molecule has 0 amide bonds. The number of carbonyl (C=O) groups is 3. The molecule has 0 radical (unpaired) electrons. The van der Waals surface area contributed by atoms with E-state index in [1.54, 1.807) is 0 Å². The average Bonchev–Trinajstić information content (AvgIpc) is 1.00. The summed E-state index contributed by atoms with van der Waals surface area (Å²) >= 11 is 0. The number of phosphoric acid groups is 2. The van der Waals surface area contributed by atoms with Gasteiger partial charge in [-0.05, 0) is 135 Å². The molecule has 0 aromatic heterocycles. The fraction of sp³-hybridized carbons (Fsp3) is 0.713. The summed E-state index contributed by atoms with van der Waals surface area (Å²) < 4.78 is 61.2. The first-order valence-corrected chi connectivity index (χ1v) is 44.5. The first-order valence-electron chi connectivity index (χ1n) is 41.5. The van der Waals surface area contributed by atoms with Gasteiger partial charge in [-0.25, -0.2) is 9.13 Å². The Kier molecular flexibility index (Phi) is 76.0. The van der Waals surface area contributed by atoms with Gasteiger partial charge in [-0.15, -0.1) is 0 Å². The summed E-state index contributed by atoms with van der Waals surface area (Å²) in [6.45, 7) is 2.47. The minimum atomic E-state index is -4.94. The second kappa shape index (κ2) is 79.2. The van der Waals surface area contributed by atoms with Crippen molar-refractivity contribution in [1.82, 2.24) is 0 Å². The number of rotatable bonds is 78. The van der Waals surface area contributed by atoms with Crippen LogP contribution in [0.1, 0.15) is 342 Å². The van der Waals surface area contributed by atoms with Crippen molar-refractivity contribution in [3.63, 3.8) is 0 Å². The SMILES string of the molecule is CC/C=C\C/C=C\C/C=C\C/C=C\C/C=C\CCCCCCCCCCCCCCCCCCCC(=O)OCC(O)COP(=O)(O)OCC(O)COP(=O)(O)OCC(COC(=O)CCCCCCCCC/C=C\C/C=C\C/C=C\C/C=C\CCCCC)OC(=O)CCCCCCC/C=C\C/C=C\CCC. The van der Waals surface area contributed by atoms with Gasteiger partial charge in [-0.1, -0.05) is 321 Å². The zero-order valence-corrected chi connectivity index (χ0v) is 67.9. The van der Waals surface area contributed by atoms with Gasteiger partial charge in [0.15, 0.2) is 6.10 Å². The fourth-order valence-electron chi connectivity index (χ4n) is 11.0. The van der Waals surface area contributed by atoms with E-state index in [1.807, 2.05) is 0 Å². The molecule has 0 aliphatic carbocycles. The summed E-state index contributed by atoms with van der Waals surface area (Å²) in [5.41, 5.74) is 0. The van der Waals surface area contributed by atoms with E-state index in [0.717, 1.165) is 167 Å². The van der Waals surface area contributed by atoms with Crippen molar-refractivity contribution in [2.45, 2.75) is 360 Å². The van der Waals surface area contributed by atoms with Crippen LogP contribution >= 0.6 is 15.6 Å². The molecule has 0 spiro atoms. The van der Waals surface area contributed by atoms with Crippen LogP contribution in [-0.4, -0.2) is 95.9 Å². The van der Waals surface area contributed by atoms with Gasteiger partial charge in [0.1, 0.15) is 25.4 Å². The molecular weight excluding hydrogens is 1360 g/mol. The quantitative estimate of drug-likeness (QED) is 0.0146. The molecule has 16 nitrogen and oxygen atoms in total. The van der Waals surface area contributed by atoms with Gasteiger partial charge in [-0.2, -0.15) is 0 Å². The highest BCUT2D eigenvalue weighted by Crippen LogP contribution is 2.45. The molecule has 0 aliphatic heterocycles. The maximum atomic E-state index is 12.9. The maximum Gasteiger partial charge on any atom is 0.472 e. The van der Waals surface area contributed by atoms with Crippen molar-refractivity contribution >= 4 is 33.6 Å². The molecule has 0 fully saturated rings. The summed E-state index contributed by atoms with van der Waals surface area (Å²) in [5.74, 6) is -1.60. The Morgan fingerprint density at radius 3 is 0.838 bits per heavy atom. The lowest BCUT2D eigenvalue weighted by Crippen LogP contribution is -2.30. The molecule has 0 aliphatic rings. The van der Waals surface area contributed by atoms with Crippen molar-refractivity contribution < 1.29 is 75.8 Å². The minimum Gasteiger partial charge on any atom is -0.463 e. The van der Waals surface area contributed by atoms with Crippen molar-refractivity contribution in [2.24, 2.45) is 0 Å². The monoisotopic (exact) mass is 1510 g/mol. The Balaban J connectivity index is 4.43. The van der Waals surface area contributed by atoms with Crippen molar-refractivity contribution in [3.8, 4) is 0 Å². The predicted octanol–water partition coefficient (Wildman–Crippen LogP) is 24.7. The molecule has 5 atom stereocenters. The van der Waals surface area contributed by atoms with Gasteiger partial charge in [0.05, 0.1) is 26.4 Å². The fourth-order valence-corrected chi connectivity index (χ4v) is 12.6. The van der Waals surface area contributed by atoms with Crippen LogP contribution in [0.2, 0.25) is 0 Å². The van der Waals surface area contributed by atoms with Gasteiger partial charge in [-0.3, -0.25) is 32.5 Å². The molecule has 0 bridgehead atoms. The lowest BCUT2D eigenvalue weighted by Gasteiger charge is -2.21. The van der Waals surface area contributed by atoms with Gasteiger partial charge < -0.3 is 34.2 Å².